The molecule has 11 heteroatoms. The van der Waals surface area contributed by atoms with E-state index in [0.717, 1.165) is 71.4 Å². The van der Waals surface area contributed by atoms with Gasteiger partial charge in [-0.3, -0.25) is 24.2 Å². The summed E-state index contributed by atoms with van der Waals surface area (Å²) in [6.45, 7) is 5.93. The number of ketones is 2. The maximum atomic E-state index is 16.3. The van der Waals surface area contributed by atoms with Gasteiger partial charge in [-0.05, 0) is 63.3 Å². The fourth-order valence-electron chi connectivity index (χ4n) is 10.8. The van der Waals surface area contributed by atoms with Gasteiger partial charge < -0.3 is 25.4 Å². The van der Waals surface area contributed by atoms with E-state index in [1.807, 2.05) is 6.20 Å². The van der Waals surface area contributed by atoms with Crippen molar-refractivity contribution in [1.82, 2.24) is 20.0 Å². The fraction of sp³-hybridized carbons (Fsp3) is 0.853. The standard InChI is InChI=1S/C34H50FN5O5/c35-26-14-24-29-33(30(26)39-9-6-19(36)17-39)45-28-16-23-22(20-4-1-2-5-21(20)31(23)41)15-27(28)40(29)18-25(32(24)42)34(43)37-7-3-8-38-10-12-44-13-11-38/h18-24,26-30,33H,1-17,36H2,(H,37,43)/t19-,20?,21?,22?,23?,24?,26?,27?,28?,29?,30?,33?/m0/s1. The number of fused-ring (bicyclic) bond motifs is 5. The summed E-state index contributed by atoms with van der Waals surface area (Å²) in [5.74, 6) is 0.0672. The number of amides is 1. The van der Waals surface area contributed by atoms with E-state index in [4.69, 9.17) is 15.2 Å². The Hall–Kier alpha value is -1.92. The van der Waals surface area contributed by atoms with Gasteiger partial charge in [0.25, 0.3) is 5.91 Å². The average molecular weight is 628 g/mol. The highest BCUT2D eigenvalue weighted by atomic mass is 19.1. The zero-order chi connectivity index (χ0) is 30.8. The minimum absolute atomic E-state index is 0.000225. The smallest absolute Gasteiger partial charge is 0.256 e. The molecule has 8 rings (SSSR count). The largest absolute Gasteiger partial charge is 0.379 e. The molecule has 11 unspecified atom stereocenters. The third-order valence-electron chi connectivity index (χ3n) is 12.9. The van der Waals surface area contributed by atoms with Gasteiger partial charge in [-0.1, -0.05) is 12.8 Å². The van der Waals surface area contributed by atoms with Crippen molar-refractivity contribution in [2.45, 2.75) is 100 Å². The van der Waals surface area contributed by atoms with Gasteiger partial charge in [0.1, 0.15) is 12.0 Å². The topological polar surface area (TPSA) is 117 Å². The summed E-state index contributed by atoms with van der Waals surface area (Å²) >= 11 is 0. The normalized spacial score (nSPS) is 44.9. The monoisotopic (exact) mass is 627 g/mol. The highest BCUT2D eigenvalue weighted by Crippen LogP contribution is 2.56. The van der Waals surface area contributed by atoms with Crippen LogP contribution in [0.25, 0.3) is 0 Å². The first-order valence-corrected chi connectivity index (χ1v) is 17.8. The number of nitrogens with one attached hydrogen (secondary N) is 1. The molecular weight excluding hydrogens is 577 g/mol. The molecular formula is C34H50FN5O5. The molecule has 0 spiro atoms. The average Bonchev–Trinajstić information content (AvgIpc) is 3.60. The van der Waals surface area contributed by atoms with Crippen molar-refractivity contribution in [3.05, 3.63) is 11.8 Å². The first kappa shape index (κ1) is 30.4. The Bertz CT molecular complexity index is 1210. The van der Waals surface area contributed by atoms with Gasteiger partial charge in [-0.15, -0.1) is 0 Å². The predicted molar refractivity (Wildman–Crippen MR) is 164 cm³/mol. The van der Waals surface area contributed by atoms with Crippen LogP contribution in [0.3, 0.4) is 0 Å². The van der Waals surface area contributed by atoms with E-state index in [0.29, 0.717) is 43.7 Å². The highest BCUT2D eigenvalue weighted by Gasteiger charge is 2.63. The van der Waals surface area contributed by atoms with E-state index < -0.39 is 24.2 Å². The minimum Gasteiger partial charge on any atom is -0.379 e. The molecule has 4 aliphatic heterocycles. The summed E-state index contributed by atoms with van der Waals surface area (Å²) in [4.78, 5) is 48.0. The number of alkyl halides is 1. The minimum atomic E-state index is -1.26. The van der Waals surface area contributed by atoms with Crippen LogP contribution < -0.4 is 11.1 Å². The van der Waals surface area contributed by atoms with Crippen molar-refractivity contribution in [2.75, 3.05) is 52.5 Å². The number of likely N-dealkylation sites (tertiary alicyclic amines) is 1. The van der Waals surface area contributed by atoms with Crippen LogP contribution >= 0.6 is 0 Å². The van der Waals surface area contributed by atoms with Crippen molar-refractivity contribution in [1.29, 1.82) is 0 Å². The number of halogens is 1. The van der Waals surface area contributed by atoms with Crippen LogP contribution in [0.4, 0.5) is 4.39 Å². The number of carbonyl (C=O) groups is 3. The predicted octanol–water partition coefficient (Wildman–Crippen LogP) is 1.27. The van der Waals surface area contributed by atoms with Crippen LogP contribution in [0, 0.1) is 29.6 Å². The van der Waals surface area contributed by atoms with Gasteiger partial charge in [-0.2, -0.15) is 0 Å². The van der Waals surface area contributed by atoms with Crippen molar-refractivity contribution in [2.24, 2.45) is 35.3 Å². The summed E-state index contributed by atoms with van der Waals surface area (Å²) < 4.78 is 28.7. The van der Waals surface area contributed by atoms with E-state index in [1.165, 1.54) is 6.42 Å². The van der Waals surface area contributed by atoms with Gasteiger partial charge in [-0.25, -0.2) is 4.39 Å². The number of morpholine rings is 2. The Morgan fingerprint density at radius 1 is 0.978 bits per heavy atom. The van der Waals surface area contributed by atoms with Crippen molar-refractivity contribution >= 4 is 17.5 Å². The molecule has 0 aromatic rings. The van der Waals surface area contributed by atoms with Crippen molar-refractivity contribution < 1.29 is 28.2 Å². The zero-order valence-electron chi connectivity index (χ0n) is 26.4. The maximum Gasteiger partial charge on any atom is 0.256 e. The molecule has 0 aromatic carbocycles. The van der Waals surface area contributed by atoms with E-state index in [9.17, 15) is 14.4 Å². The van der Waals surface area contributed by atoms with Gasteiger partial charge in [0.2, 0.25) is 0 Å². The van der Waals surface area contributed by atoms with E-state index in [1.54, 1.807) is 0 Å². The van der Waals surface area contributed by atoms with Gasteiger partial charge >= 0.3 is 0 Å². The molecule has 4 saturated carbocycles. The number of nitrogens with two attached hydrogens (primary N) is 1. The molecule has 12 atom stereocenters. The summed E-state index contributed by atoms with van der Waals surface area (Å²) in [5.41, 5.74) is 6.42. The molecule has 0 aromatic heterocycles. The van der Waals surface area contributed by atoms with Crippen LogP contribution in [-0.2, 0) is 23.9 Å². The number of hydrogen-bond donors (Lipinski definition) is 2. The maximum absolute atomic E-state index is 16.3. The zero-order valence-corrected chi connectivity index (χ0v) is 26.4. The Labute approximate surface area is 265 Å². The van der Waals surface area contributed by atoms with Crippen LogP contribution in [0.1, 0.15) is 57.8 Å². The number of hydrogen-bond acceptors (Lipinski definition) is 9. The third kappa shape index (κ3) is 5.29. The van der Waals surface area contributed by atoms with E-state index in [-0.39, 0.29) is 59.7 Å². The second-order valence-corrected chi connectivity index (χ2v) is 15.2. The second-order valence-electron chi connectivity index (χ2n) is 15.2. The quantitative estimate of drug-likeness (QED) is 0.332. The Morgan fingerprint density at radius 2 is 1.80 bits per heavy atom. The molecule has 1 amide bonds. The lowest BCUT2D eigenvalue weighted by molar-refractivity contribution is -0.217. The molecule has 248 valence electrons. The fourth-order valence-corrected chi connectivity index (χ4v) is 10.8. The number of carbonyl (C=O) groups excluding carboxylic acids is 3. The molecule has 45 heavy (non-hydrogen) atoms. The van der Waals surface area contributed by atoms with Crippen LogP contribution in [-0.4, -0.2) is 127 Å². The Kier molecular flexibility index (Phi) is 8.29. The Balaban J connectivity index is 1.07. The van der Waals surface area contributed by atoms with E-state index >= 15 is 4.39 Å². The molecule has 4 aliphatic carbocycles. The summed E-state index contributed by atoms with van der Waals surface area (Å²) in [5, 5.41) is 3.01. The molecule has 8 aliphatic rings. The first-order chi connectivity index (χ1) is 21.9. The van der Waals surface area contributed by atoms with Crippen molar-refractivity contribution in [3.63, 3.8) is 0 Å². The molecule has 0 radical (unpaired) electrons. The van der Waals surface area contributed by atoms with Gasteiger partial charge in [0.05, 0.1) is 49.1 Å². The summed E-state index contributed by atoms with van der Waals surface area (Å²) in [6.07, 6.45) is 7.39. The second kappa shape index (κ2) is 12.3. The number of nitrogens with zero attached hydrogens (tertiary/aromatic N) is 3. The van der Waals surface area contributed by atoms with Gasteiger partial charge in [0, 0.05) is 62.7 Å². The highest BCUT2D eigenvalue weighted by molar-refractivity contribution is 6.20. The molecule has 3 saturated heterocycles. The summed E-state index contributed by atoms with van der Waals surface area (Å²) in [6, 6.07) is -0.831. The van der Waals surface area contributed by atoms with Crippen LogP contribution in [0.5, 0.6) is 0 Å². The molecule has 4 heterocycles. The van der Waals surface area contributed by atoms with Crippen LogP contribution in [0.2, 0.25) is 0 Å². The number of ether oxygens (including phenoxy) is 2. The van der Waals surface area contributed by atoms with Crippen molar-refractivity contribution in [3.8, 4) is 0 Å². The summed E-state index contributed by atoms with van der Waals surface area (Å²) in [7, 11) is 0. The molecule has 7 fully saturated rings. The number of Topliss-reactive ketones (excluding diaryl/α,β-unsaturated/α-hetero) is 2. The lowest BCUT2D eigenvalue weighted by Gasteiger charge is -2.61. The van der Waals surface area contributed by atoms with Gasteiger partial charge in [0.15, 0.2) is 5.78 Å². The third-order valence-corrected chi connectivity index (χ3v) is 12.9. The molecule has 3 N–H and O–H groups in total. The number of rotatable bonds is 6. The van der Waals surface area contributed by atoms with E-state index in [2.05, 4.69) is 20.0 Å². The lowest BCUT2D eigenvalue weighted by atomic mass is 9.66. The first-order valence-electron chi connectivity index (χ1n) is 17.8. The SMILES string of the molecule is N[C@H]1CCN(C2C(F)CC3C(=O)C(C(=O)NCCCN4CCOCC4)=CN4C5CC6C(CC5OC2C34)C(=O)C2CCCCC26)C1. The molecule has 10 nitrogen and oxygen atoms in total. The van der Waals surface area contributed by atoms with Crippen LogP contribution in [0.15, 0.2) is 11.8 Å². The lowest BCUT2D eigenvalue weighted by Crippen LogP contribution is -2.73. The Morgan fingerprint density at radius 3 is 2.60 bits per heavy atom. The molecule has 0 bridgehead atoms.